The van der Waals surface area contributed by atoms with E-state index < -0.39 is 12.5 Å². The zero-order valence-electron chi connectivity index (χ0n) is 9.66. The molecule has 92 valence electrons. The van der Waals surface area contributed by atoms with Crippen LogP contribution in [0.3, 0.4) is 0 Å². The largest absolute Gasteiger partial charge is 0.309 e. The van der Waals surface area contributed by atoms with E-state index in [1.165, 1.54) is 6.33 Å². The first-order chi connectivity index (χ1) is 7.69. The van der Waals surface area contributed by atoms with E-state index in [2.05, 4.69) is 15.4 Å². The van der Waals surface area contributed by atoms with E-state index in [1.54, 1.807) is 4.68 Å². The second-order valence-electron chi connectivity index (χ2n) is 3.59. The van der Waals surface area contributed by atoms with E-state index >= 15 is 0 Å². The van der Waals surface area contributed by atoms with Crippen LogP contribution in [0.5, 0.6) is 0 Å². The van der Waals surface area contributed by atoms with Crippen molar-refractivity contribution in [2.75, 3.05) is 6.54 Å². The summed E-state index contributed by atoms with van der Waals surface area (Å²) in [6, 6.07) is -0.838. The molecule has 6 heteroatoms. The van der Waals surface area contributed by atoms with Crippen LogP contribution in [0, 0.1) is 0 Å². The van der Waals surface area contributed by atoms with Gasteiger partial charge in [0.15, 0.2) is 0 Å². The molecule has 1 atom stereocenters. The fourth-order valence-electron chi connectivity index (χ4n) is 1.49. The summed E-state index contributed by atoms with van der Waals surface area (Å²) >= 11 is 0. The number of aromatic nitrogens is 3. The lowest BCUT2D eigenvalue weighted by Crippen LogP contribution is -2.38. The molecule has 1 heterocycles. The summed E-state index contributed by atoms with van der Waals surface area (Å²) in [4.78, 5) is 4.00. The average molecular weight is 232 g/mol. The summed E-state index contributed by atoms with van der Waals surface area (Å²) in [5, 5.41) is 6.79. The minimum Gasteiger partial charge on any atom is -0.309 e. The highest BCUT2D eigenvalue weighted by atomic mass is 19.3. The molecule has 16 heavy (non-hydrogen) atoms. The normalized spacial score (nSPS) is 13.3. The Morgan fingerprint density at radius 2 is 2.19 bits per heavy atom. The third-order valence-electron chi connectivity index (χ3n) is 2.36. The number of hydrogen-bond donors (Lipinski definition) is 1. The lowest BCUT2D eigenvalue weighted by Gasteiger charge is -2.17. The van der Waals surface area contributed by atoms with Crippen LogP contribution in [0.2, 0.25) is 0 Å². The second kappa shape index (κ2) is 6.52. The molecule has 0 aliphatic heterocycles. The predicted octanol–water partition coefficient (Wildman–Crippen LogP) is 1.47. The van der Waals surface area contributed by atoms with Gasteiger partial charge in [0.2, 0.25) is 0 Å². The molecule has 0 spiro atoms. The van der Waals surface area contributed by atoms with E-state index in [9.17, 15) is 8.78 Å². The Morgan fingerprint density at radius 3 is 2.75 bits per heavy atom. The Kier molecular flexibility index (Phi) is 5.31. The van der Waals surface area contributed by atoms with Crippen LogP contribution in [0.4, 0.5) is 8.78 Å². The van der Waals surface area contributed by atoms with Crippen molar-refractivity contribution in [2.45, 2.75) is 45.7 Å². The Hall–Kier alpha value is -1.04. The van der Waals surface area contributed by atoms with E-state index in [-0.39, 0.29) is 6.42 Å². The van der Waals surface area contributed by atoms with Gasteiger partial charge in [-0.3, -0.25) is 4.68 Å². The third kappa shape index (κ3) is 3.52. The topological polar surface area (TPSA) is 42.7 Å². The summed E-state index contributed by atoms with van der Waals surface area (Å²) in [5.74, 6) is 0.608. The number of hydrogen-bond acceptors (Lipinski definition) is 3. The first-order valence-corrected chi connectivity index (χ1v) is 5.57. The molecule has 1 N–H and O–H groups in total. The molecule has 0 aliphatic rings. The Morgan fingerprint density at radius 1 is 1.44 bits per heavy atom. The van der Waals surface area contributed by atoms with Crippen LogP contribution in [0.25, 0.3) is 0 Å². The van der Waals surface area contributed by atoms with Crippen molar-refractivity contribution in [1.82, 2.24) is 20.1 Å². The lowest BCUT2D eigenvalue weighted by atomic mass is 10.2. The monoisotopic (exact) mass is 232 g/mol. The molecule has 0 fully saturated rings. The summed E-state index contributed by atoms with van der Waals surface area (Å²) in [6.45, 7) is 5.10. The van der Waals surface area contributed by atoms with E-state index in [0.717, 1.165) is 6.42 Å². The zero-order chi connectivity index (χ0) is 12.0. The first kappa shape index (κ1) is 13.0. The predicted molar refractivity (Wildman–Crippen MR) is 57.5 cm³/mol. The molecule has 0 aliphatic carbocycles. The van der Waals surface area contributed by atoms with Crippen LogP contribution in [-0.4, -0.2) is 33.8 Å². The second-order valence-corrected chi connectivity index (χ2v) is 3.59. The Bertz CT molecular complexity index is 301. The molecular formula is C10H18F2N4. The van der Waals surface area contributed by atoms with Gasteiger partial charge in [-0.15, -0.1) is 0 Å². The summed E-state index contributed by atoms with van der Waals surface area (Å²) in [6.07, 6.45) is 0.0738. The molecule has 0 amide bonds. The Labute approximate surface area is 94.1 Å². The minimum absolute atomic E-state index is 0.214. The number of alkyl halides is 2. The van der Waals surface area contributed by atoms with Crippen LogP contribution in [0.15, 0.2) is 6.33 Å². The van der Waals surface area contributed by atoms with Gasteiger partial charge in [-0.2, -0.15) is 5.10 Å². The smallest absolute Gasteiger partial charge is 0.254 e. The SMILES string of the molecule is CCCNC(Cc1ncnn1CC)C(F)F. The van der Waals surface area contributed by atoms with Crippen molar-refractivity contribution in [3.63, 3.8) is 0 Å². The molecule has 0 saturated heterocycles. The van der Waals surface area contributed by atoms with Crippen molar-refractivity contribution in [3.8, 4) is 0 Å². The van der Waals surface area contributed by atoms with Gasteiger partial charge >= 0.3 is 0 Å². The molecule has 0 bridgehead atoms. The maximum absolute atomic E-state index is 12.7. The van der Waals surface area contributed by atoms with Gasteiger partial charge in [0.25, 0.3) is 6.43 Å². The first-order valence-electron chi connectivity index (χ1n) is 5.57. The quantitative estimate of drug-likeness (QED) is 0.774. The molecule has 0 saturated carbocycles. The molecule has 4 nitrogen and oxygen atoms in total. The fourth-order valence-corrected chi connectivity index (χ4v) is 1.49. The summed E-state index contributed by atoms with van der Waals surface area (Å²) in [7, 11) is 0. The molecule has 1 rings (SSSR count). The number of halogens is 2. The lowest BCUT2D eigenvalue weighted by molar-refractivity contribution is 0.0968. The standard InChI is InChI=1S/C10H18F2N4/c1-3-5-13-8(10(11)12)6-9-14-7-15-16(9)4-2/h7-8,10,13H,3-6H2,1-2H3. The maximum atomic E-state index is 12.7. The van der Waals surface area contributed by atoms with Gasteiger partial charge in [0, 0.05) is 13.0 Å². The number of aryl methyl sites for hydroxylation is 1. The number of rotatable bonds is 7. The van der Waals surface area contributed by atoms with Crippen LogP contribution in [-0.2, 0) is 13.0 Å². The van der Waals surface area contributed by atoms with Crippen LogP contribution >= 0.6 is 0 Å². The van der Waals surface area contributed by atoms with E-state index in [0.29, 0.717) is 18.9 Å². The van der Waals surface area contributed by atoms with Gasteiger partial charge in [-0.25, -0.2) is 13.8 Å². The van der Waals surface area contributed by atoms with E-state index in [1.807, 2.05) is 13.8 Å². The highest BCUT2D eigenvalue weighted by Gasteiger charge is 2.21. The van der Waals surface area contributed by atoms with Crippen molar-refractivity contribution < 1.29 is 8.78 Å². The summed E-state index contributed by atoms with van der Waals surface area (Å²) < 4.78 is 27.1. The molecule has 0 radical (unpaired) electrons. The minimum atomic E-state index is -2.38. The summed E-state index contributed by atoms with van der Waals surface area (Å²) in [5.41, 5.74) is 0. The van der Waals surface area contributed by atoms with Crippen molar-refractivity contribution in [3.05, 3.63) is 12.2 Å². The van der Waals surface area contributed by atoms with Crippen molar-refractivity contribution in [1.29, 1.82) is 0 Å². The number of nitrogens with zero attached hydrogens (tertiary/aromatic N) is 3. The van der Waals surface area contributed by atoms with Crippen LogP contribution in [0.1, 0.15) is 26.1 Å². The molecule has 1 aromatic heterocycles. The highest BCUT2D eigenvalue weighted by Crippen LogP contribution is 2.07. The molecule has 1 unspecified atom stereocenters. The van der Waals surface area contributed by atoms with Crippen LogP contribution < -0.4 is 5.32 Å². The highest BCUT2D eigenvalue weighted by molar-refractivity contribution is 4.90. The maximum Gasteiger partial charge on any atom is 0.254 e. The van der Waals surface area contributed by atoms with Crippen molar-refractivity contribution in [2.24, 2.45) is 0 Å². The van der Waals surface area contributed by atoms with Crippen molar-refractivity contribution >= 4 is 0 Å². The van der Waals surface area contributed by atoms with E-state index in [4.69, 9.17) is 0 Å². The number of nitrogens with one attached hydrogen (secondary N) is 1. The van der Waals surface area contributed by atoms with Gasteiger partial charge in [0.1, 0.15) is 12.2 Å². The Balaban J connectivity index is 2.60. The third-order valence-corrected chi connectivity index (χ3v) is 2.36. The molecular weight excluding hydrogens is 214 g/mol. The average Bonchev–Trinajstić information content (AvgIpc) is 2.70. The van der Waals surface area contributed by atoms with Gasteiger partial charge in [-0.1, -0.05) is 6.92 Å². The fraction of sp³-hybridized carbons (Fsp3) is 0.800. The van der Waals surface area contributed by atoms with Gasteiger partial charge in [-0.05, 0) is 19.9 Å². The molecule has 1 aromatic rings. The molecule has 0 aromatic carbocycles. The van der Waals surface area contributed by atoms with Gasteiger partial charge < -0.3 is 5.32 Å². The zero-order valence-corrected chi connectivity index (χ0v) is 9.66. The van der Waals surface area contributed by atoms with Gasteiger partial charge in [0.05, 0.1) is 6.04 Å².